The van der Waals surface area contributed by atoms with E-state index in [1.807, 2.05) is 0 Å². The van der Waals surface area contributed by atoms with Gasteiger partial charge in [0.2, 0.25) is 5.95 Å². The van der Waals surface area contributed by atoms with E-state index in [1.54, 1.807) is 0 Å². The number of aromatic amines is 1. The highest BCUT2D eigenvalue weighted by Crippen LogP contribution is 2.16. The first-order chi connectivity index (χ1) is 7.96. The van der Waals surface area contributed by atoms with Gasteiger partial charge in [0, 0.05) is 6.54 Å². The number of nitrogen functional groups attached to an aromatic ring is 1. The van der Waals surface area contributed by atoms with Crippen molar-refractivity contribution in [1.29, 1.82) is 0 Å². The van der Waals surface area contributed by atoms with Gasteiger partial charge < -0.3 is 16.0 Å². The molecule has 0 aliphatic heterocycles. The summed E-state index contributed by atoms with van der Waals surface area (Å²) in [6.45, 7) is 0.00338. The largest absolute Gasteiger partial charge is 0.368 e. The number of imidazole rings is 1. The molecule has 0 unspecified atom stereocenters. The fraction of sp³-hybridized carbons (Fsp3) is 0.286. The van der Waals surface area contributed by atoms with Crippen LogP contribution in [0, 0.1) is 0 Å². The van der Waals surface area contributed by atoms with E-state index in [0.717, 1.165) is 0 Å². The van der Waals surface area contributed by atoms with Crippen molar-refractivity contribution in [3.8, 4) is 0 Å². The Bertz CT molecular complexity index is 636. The molecule has 10 heteroatoms. The van der Waals surface area contributed by atoms with E-state index in [4.69, 9.17) is 10.3 Å². The van der Waals surface area contributed by atoms with Crippen molar-refractivity contribution < 1.29 is 13.0 Å². The van der Waals surface area contributed by atoms with Gasteiger partial charge in [0.25, 0.3) is 10.1 Å². The lowest BCUT2D eigenvalue weighted by Gasteiger charge is -2.05. The Kier molecular flexibility index (Phi) is 2.81. The van der Waals surface area contributed by atoms with Crippen molar-refractivity contribution in [2.24, 2.45) is 0 Å². The predicted molar refractivity (Wildman–Crippen MR) is 61.0 cm³/mol. The molecule has 2 heterocycles. The molecule has 92 valence electrons. The molecule has 0 saturated carbocycles. The van der Waals surface area contributed by atoms with Crippen LogP contribution in [-0.2, 0) is 10.1 Å². The monoisotopic (exact) mass is 258 g/mol. The molecule has 0 aliphatic carbocycles. The van der Waals surface area contributed by atoms with E-state index in [2.05, 4.69) is 25.3 Å². The molecule has 2 rings (SSSR count). The molecule has 0 spiro atoms. The summed E-state index contributed by atoms with van der Waals surface area (Å²) in [6, 6.07) is 0. The number of aromatic nitrogens is 4. The van der Waals surface area contributed by atoms with Crippen LogP contribution in [0.2, 0.25) is 0 Å². The summed E-state index contributed by atoms with van der Waals surface area (Å²) in [5.74, 6) is -0.0559. The zero-order valence-corrected chi connectivity index (χ0v) is 9.40. The third-order valence-corrected chi connectivity index (χ3v) is 2.68. The maximum absolute atomic E-state index is 10.5. The number of fused-ring (bicyclic) bond motifs is 1. The normalized spacial score (nSPS) is 11.8. The Hall–Kier alpha value is -1.94. The van der Waals surface area contributed by atoms with Crippen molar-refractivity contribution in [1.82, 2.24) is 19.9 Å². The summed E-state index contributed by atoms with van der Waals surface area (Å²) in [4.78, 5) is 14.5. The van der Waals surface area contributed by atoms with Crippen molar-refractivity contribution in [2.45, 2.75) is 0 Å². The lowest BCUT2D eigenvalue weighted by molar-refractivity contribution is 0.484. The van der Waals surface area contributed by atoms with Gasteiger partial charge in [0.05, 0.1) is 12.1 Å². The number of hydrogen-bond donors (Lipinski definition) is 4. The minimum absolute atomic E-state index is 0.00338. The molecule has 0 bridgehead atoms. The predicted octanol–water partition coefficient (Wildman–Crippen LogP) is -0.765. The van der Waals surface area contributed by atoms with Crippen LogP contribution in [-0.4, -0.2) is 45.2 Å². The van der Waals surface area contributed by atoms with Crippen LogP contribution in [0.15, 0.2) is 6.33 Å². The van der Waals surface area contributed by atoms with Gasteiger partial charge in [0.1, 0.15) is 5.52 Å². The summed E-state index contributed by atoms with van der Waals surface area (Å²) in [5, 5.41) is 2.73. The summed E-state index contributed by atoms with van der Waals surface area (Å²) >= 11 is 0. The fourth-order valence-electron chi connectivity index (χ4n) is 1.28. The Morgan fingerprint density at radius 2 is 2.24 bits per heavy atom. The Morgan fingerprint density at radius 3 is 2.94 bits per heavy atom. The van der Waals surface area contributed by atoms with Crippen molar-refractivity contribution in [3.05, 3.63) is 6.33 Å². The van der Waals surface area contributed by atoms with Gasteiger partial charge in [-0.3, -0.25) is 4.55 Å². The van der Waals surface area contributed by atoms with Crippen molar-refractivity contribution >= 4 is 33.0 Å². The van der Waals surface area contributed by atoms with E-state index < -0.39 is 15.9 Å². The Labute approximate surface area is 96.2 Å². The minimum atomic E-state index is -4.01. The molecule has 9 nitrogen and oxygen atoms in total. The lowest BCUT2D eigenvalue weighted by Crippen LogP contribution is -2.16. The maximum atomic E-state index is 10.5. The molecular weight excluding hydrogens is 248 g/mol. The van der Waals surface area contributed by atoms with Crippen LogP contribution in [0.5, 0.6) is 0 Å². The summed E-state index contributed by atoms with van der Waals surface area (Å²) in [6.07, 6.45) is 1.42. The molecule has 0 saturated heterocycles. The smallest absolute Gasteiger partial charge is 0.266 e. The molecule has 2 aromatic rings. The number of anilines is 2. The molecule has 0 aliphatic rings. The van der Waals surface area contributed by atoms with E-state index in [9.17, 15) is 8.42 Å². The highest BCUT2D eigenvalue weighted by Gasteiger charge is 2.09. The number of rotatable bonds is 4. The van der Waals surface area contributed by atoms with Gasteiger partial charge in [0.15, 0.2) is 11.5 Å². The average Bonchev–Trinajstić information content (AvgIpc) is 2.63. The highest BCUT2D eigenvalue weighted by molar-refractivity contribution is 7.85. The molecule has 0 atom stereocenters. The second kappa shape index (κ2) is 4.14. The van der Waals surface area contributed by atoms with E-state index in [0.29, 0.717) is 17.0 Å². The lowest BCUT2D eigenvalue weighted by atomic mass is 10.5. The van der Waals surface area contributed by atoms with Crippen molar-refractivity contribution in [2.75, 3.05) is 23.3 Å². The number of H-pyrrole nitrogens is 1. The zero-order valence-electron chi connectivity index (χ0n) is 8.58. The number of nitrogens with two attached hydrogens (primary N) is 1. The molecule has 5 N–H and O–H groups in total. The summed E-state index contributed by atoms with van der Waals surface area (Å²) < 4.78 is 29.7. The molecular formula is C7H10N6O3S. The second-order valence-electron chi connectivity index (χ2n) is 3.24. The zero-order chi connectivity index (χ0) is 12.5. The third kappa shape index (κ3) is 2.79. The quantitative estimate of drug-likeness (QED) is 0.523. The average molecular weight is 258 g/mol. The molecule has 0 amide bonds. The number of nitrogens with one attached hydrogen (secondary N) is 2. The van der Waals surface area contributed by atoms with Crippen LogP contribution in [0.4, 0.5) is 11.8 Å². The standard InChI is InChI=1S/C7H10N6O3S/c8-7-12-5(9-1-2-17(14,15)16)4-6(13-7)11-3-10-4/h3H,1-2H2,(H,14,15,16)(H4,8,9,10,11,12,13). The molecule has 0 aromatic carbocycles. The first-order valence-corrected chi connectivity index (χ1v) is 6.22. The first kappa shape index (κ1) is 11.5. The molecule has 0 radical (unpaired) electrons. The first-order valence-electron chi connectivity index (χ1n) is 4.61. The van der Waals surface area contributed by atoms with Crippen LogP contribution < -0.4 is 11.1 Å². The second-order valence-corrected chi connectivity index (χ2v) is 4.82. The number of nitrogens with zero attached hydrogens (tertiary/aromatic N) is 3. The SMILES string of the molecule is Nc1nc(NCCS(=O)(=O)O)c2[nH]cnc2n1. The molecule has 0 fully saturated rings. The van der Waals surface area contributed by atoms with Gasteiger partial charge >= 0.3 is 0 Å². The molecule has 17 heavy (non-hydrogen) atoms. The number of hydrogen-bond acceptors (Lipinski definition) is 7. The van der Waals surface area contributed by atoms with Gasteiger partial charge in [-0.05, 0) is 0 Å². The van der Waals surface area contributed by atoms with Crippen LogP contribution in [0.1, 0.15) is 0 Å². The van der Waals surface area contributed by atoms with Gasteiger partial charge in [-0.2, -0.15) is 18.4 Å². The Balaban J connectivity index is 2.20. The topological polar surface area (TPSA) is 147 Å². The Morgan fingerprint density at radius 1 is 1.47 bits per heavy atom. The maximum Gasteiger partial charge on any atom is 0.266 e. The van der Waals surface area contributed by atoms with Crippen molar-refractivity contribution in [3.63, 3.8) is 0 Å². The highest BCUT2D eigenvalue weighted by atomic mass is 32.2. The van der Waals surface area contributed by atoms with Gasteiger partial charge in [-0.15, -0.1) is 0 Å². The fourth-order valence-corrected chi connectivity index (χ4v) is 1.64. The van der Waals surface area contributed by atoms with E-state index >= 15 is 0 Å². The van der Waals surface area contributed by atoms with E-state index in [1.165, 1.54) is 6.33 Å². The summed E-state index contributed by atoms with van der Waals surface area (Å²) in [5.41, 5.74) is 6.36. The minimum Gasteiger partial charge on any atom is -0.368 e. The van der Waals surface area contributed by atoms with Crippen LogP contribution in [0.25, 0.3) is 11.2 Å². The molecule has 2 aromatic heterocycles. The van der Waals surface area contributed by atoms with Crippen LogP contribution in [0.3, 0.4) is 0 Å². The van der Waals surface area contributed by atoms with Gasteiger partial charge in [-0.25, -0.2) is 4.98 Å². The van der Waals surface area contributed by atoms with Gasteiger partial charge in [-0.1, -0.05) is 0 Å². The summed E-state index contributed by atoms with van der Waals surface area (Å²) in [7, 11) is -4.01. The third-order valence-electron chi connectivity index (χ3n) is 1.96. The van der Waals surface area contributed by atoms with Crippen LogP contribution >= 0.6 is 0 Å². The van der Waals surface area contributed by atoms with E-state index in [-0.39, 0.29) is 12.5 Å².